The highest BCUT2D eigenvalue weighted by atomic mass is 32.2. The molecule has 0 spiro atoms. The number of thioether (sulfide) groups is 1. The molecule has 0 aliphatic carbocycles. The monoisotopic (exact) mass is 529 g/mol. The SMILES string of the molecule is CCCN(CCC)C(=O)CCCC(=O)N[C@@H](CSc1ccccc1)[C@H](O)CNCc1cccc(OC)c1. The Morgan fingerprint density at radius 2 is 1.76 bits per heavy atom. The van der Waals surface area contributed by atoms with E-state index >= 15 is 0 Å². The van der Waals surface area contributed by atoms with Gasteiger partial charge in [-0.05, 0) is 49.1 Å². The van der Waals surface area contributed by atoms with Crippen molar-refractivity contribution in [3.05, 3.63) is 60.2 Å². The zero-order chi connectivity index (χ0) is 26.9. The highest BCUT2D eigenvalue weighted by Crippen LogP contribution is 2.19. The van der Waals surface area contributed by atoms with E-state index in [0.717, 1.165) is 42.1 Å². The van der Waals surface area contributed by atoms with Crippen LogP contribution in [-0.4, -0.2) is 66.5 Å². The summed E-state index contributed by atoms with van der Waals surface area (Å²) in [5.41, 5.74) is 1.05. The molecule has 0 aliphatic rings. The lowest BCUT2D eigenvalue weighted by Gasteiger charge is -2.25. The van der Waals surface area contributed by atoms with E-state index in [1.165, 1.54) is 0 Å². The van der Waals surface area contributed by atoms with Crippen molar-refractivity contribution in [1.82, 2.24) is 15.5 Å². The molecule has 0 saturated heterocycles. The van der Waals surface area contributed by atoms with Crippen LogP contribution in [0, 0.1) is 0 Å². The van der Waals surface area contributed by atoms with Gasteiger partial charge >= 0.3 is 0 Å². The van der Waals surface area contributed by atoms with Gasteiger partial charge in [-0.1, -0.05) is 44.2 Å². The number of aliphatic hydroxyl groups excluding tert-OH is 1. The molecule has 2 rings (SSSR count). The van der Waals surface area contributed by atoms with E-state index in [0.29, 0.717) is 31.7 Å². The summed E-state index contributed by atoms with van der Waals surface area (Å²) >= 11 is 1.60. The van der Waals surface area contributed by atoms with Crippen LogP contribution in [-0.2, 0) is 16.1 Å². The number of methoxy groups -OCH3 is 1. The van der Waals surface area contributed by atoms with Gasteiger partial charge in [-0.2, -0.15) is 0 Å². The van der Waals surface area contributed by atoms with E-state index < -0.39 is 12.1 Å². The number of nitrogens with zero attached hydrogens (tertiary/aromatic N) is 1. The van der Waals surface area contributed by atoms with Crippen molar-refractivity contribution in [2.75, 3.05) is 32.5 Å². The second kappa shape index (κ2) is 17.8. The summed E-state index contributed by atoms with van der Waals surface area (Å²) in [5, 5.41) is 17.2. The molecule has 2 atom stereocenters. The number of aliphatic hydroxyl groups is 1. The summed E-state index contributed by atoms with van der Waals surface area (Å²) in [4.78, 5) is 28.2. The molecule has 7 nitrogen and oxygen atoms in total. The minimum Gasteiger partial charge on any atom is -0.497 e. The normalized spacial score (nSPS) is 12.5. The molecule has 0 saturated carbocycles. The molecule has 0 unspecified atom stereocenters. The summed E-state index contributed by atoms with van der Waals surface area (Å²) in [6.45, 7) is 6.55. The van der Waals surface area contributed by atoms with Gasteiger partial charge in [0.15, 0.2) is 0 Å². The van der Waals surface area contributed by atoms with Crippen LogP contribution in [0.3, 0.4) is 0 Å². The molecule has 2 aromatic carbocycles. The van der Waals surface area contributed by atoms with Crippen LogP contribution in [0.5, 0.6) is 5.75 Å². The number of hydrogen-bond donors (Lipinski definition) is 3. The third-order valence-corrected chi connectivity index (χ3v) is 7.07. The molecule has 2 amide bonds. The summed E-state index contributed by atoms with van der Waals surface area (Å²) < 4.78 is 5.27. The van der Waals surface area contributed by atoms with Gasteiger partial charge in [0.05, 0.1) is 19.3 Å². The summed E-state index contributed by atoms with van der Waals surface area (Å²) in [6, 6.07) is 17.3. The zero-order valence-corrected chi connectivity index (χ0v) is 23.3. The van der Waals surface area contributed by atoms with E-state index in [9.17, 15) is 14.7 Å². The van der Waals surface area contributed by atoms with Crippen molar-refractivity contribution in [2.24, 2.45) is 0 Å². The molecule has 0 fully saturated rings. The highest BCUT2D eigenvalue weighted by Gasteiger charge is 2.22. The third kappa shape index (κ3) is 12.0. The van der Waals surface area contributed by atoms with Crippen LogP contribution < -0.4 is 15.4 Å². The Balaban J connectivity index is 1.88. The van der Waals surface area contributed by atoms with Crippen LogP contribution in [0.2, 0.25) is 0 Å². The van der Waals surface area contributed by atoms with Crippen LogP contribution in [0.25, 0.3) is 0 Å². The van der Waals surface area contributed by atoms with Crippen LogP contribution in [0.4, 0.5) is 0 Å². The predicted molar refractivity (Wildman–Crippen MR) is 151 cm³/mol. The highest BCUT2D eigenvalue weighted by molar-refractivity contribution is 7.99. The second-order valence-electron chi connectivity index (χ2n) is 9.08. The van der Waals surface area contributed by atoms with E-state index in [4.69, 9.17) is 4.74 Å². The van der Waals surface area contributed by atoms with Gasteiger partial charge < -0.3 is 25.4 Å². The smallest absolute Gasteiger partial charge is 0.222 e. The number of carbonyl (C=O) groups excluding carboxylic acids is 2. The lowest BCUT2D eigenvalue weighted by atomic mass is 10.1. The Kier molecular flexibility index (Phi) is 14.8. The first-order valence-electron chi connectivity index (χ1n) is 13.2. The van der Waals surface area contributed by atoms with Gasteiger partial charge in [-0.3, -0.25) is 9.59 Å². The predicted octanol–water partition coefficient (Wildman–Crippen LogP) is 4.24. The molecule has 204 valence electrons. The van der Waals surface area contributed by atoms with Crippen LogP contribution in [0.15, 0.2) is 59.5 Å². The second-order valence-corrected chi connectivity index (χ2v) is 10.2. The van der Waals surface area contributed by atoms with Gasteiger partial charge in [0.2, 0.25) is 11.8 Å². The molecule has 0 radical (unpaired) electrons. The van der Waals surface area contributed by atoms with Crippen LogP contribution >= 0.6 is 11.8 Å². The molecule has 37 heavy (non-hydrogen) atoms. The maximum Gasteiger partial charge on any atom is 0.222 e. The lowest BCUT2D eigenvalue weighted by Crippen LogP contribution is -2.49. The standard InChI is InChI=1S/C29H43N3O4S/c1-4-17-32(18-5-2)29(35)16-10-15-28(34)31-26(22-37-25-13-7-6-8-14-25)27(33)21-30-20-23-11-9-12-24(19-23)36-3/h6-9,11-14,19,26-27,30,33H,4-5,10,15-18,20-22H2,1-3H3,(H,31,34)/t26-,27+/m0/s1. The number of ether oxygens (including phenoxy) is 1. The Labute approximate surface area is 226 Å². The fourth-order valence-corrected chi connectivity index (χ4v) is 5.01. The van der Waals surface area contributed by atoms with Gasteiger partial charge in [0.25, 0.3) is 0 Å². The molecule has 0 aliphatic heterocycles. The molecule has 0 heterocycles. The number of nitrogens with one attached hydrogen (secondary N) is 2. The van der Waals surface area contributed by atoms with Gasteiger partial charge in [0, 0.05) is 49.7 Å². The lowest BCUT2D eigenvalue weighted by molar-refractivity contribution is -0.131. The summed E-state index contributed by atoms with van der Waals surface area (Å²) in [7, 11) is 1.64. The minimum absolute atomic E-state index is 0.106. The fraction of sp³-hybridized carbons (Fsp3) is 0.517. The first-order valence-corrected chi connectivity index (χ1v) is 14.2. The first-order chi connectivity index (χ1) is 18.0. The van der Waals surface area contributed by atoms with E-state index in [1.807, 2.05) is 59.5 Å². The molecule has 3 N–H and O–H groups in total. The van der Waals surface area contributed by atoms with E-state index in [1.54, 1.807) is 18.9 Å². The van der Waals surface area contributed by atoms with E-state index in [2.05, 4.69) is 24.5 Å². The Hall–Kier alpha value is -2.55. The van der Waals surface area contributed by atoms with Gasteiger partial charge in [-0.15, -0.1) is 11.8 Å². The third-order valence-electron chi connectivity index (χ3n) is 5.93. The number of carbonyl (C=O) groups is 2. The topological polar surface area (TPSA) is 90.9 Å². The van der Waals surface area contributed by atoms with Crippen molar-refractivity contribution in [2.45, 2.75) is 69.5 Å². The average Bonchev–Trinajstić information content (AvgIpc) is 2.91. The molecule has 8 heteroatoms. The largest absolute Gasteiger partial charge is 0.497 e. The zero-order valence-electron chi connectivity index (χ0n) is 22.4. The van der Waals surface area contributed by atoms with Crippen molar-refractivity contribution < 1.29 is 19.4 Å². The average molecular weight is 530 g/mol. The maximum absolute atomic E-state index is 12.7. The quantitative estimate of drug-likeness (QED) is 0.250. The van der Waals surface area contributed by atoms with E-state index in [-0.39, 0.29) is 18.2 Å². The summed E-state index contributed by atoms with van der Waals surface area (Å²) in [6.07, 6.45) is 2.21. The van der Waals surface area contributed by atoms with Gasteiger partial charge in [0.1, 0.15) is 5.75 Å². The van der Waals surface area contributed by atoms with Gasteiger partial charge in [-0.25, -0.2) is 0 Å². The molecular weight excluding hydrogens is 486 g/mol. The number of hydrogen-bond acceptors (Lipinski definition) is 6. The number of rotatable bonds is 18. The fourth-order valence-electron chi connectivity index (χ4n) is 3.98. The van der Waals surface area contributed by atoms with Crippen molar-refractivity contribution >= 4 is 23.6 Å². The molecular formula is C29H43N3O4S. The van der Waals surface area contributed by atoms with Crippen molar-refractivity contribution in [1.29, 1.82) is 0 Å². The summed E-state index contributed by atoms with van der Waals surface area (Å²) in [5.74, 6) is 1.29. The number of benzene rings is 2. The number of amides is 2. The molecule has 0 aromatic heterocycles. The minimum atomic E-state index is -0.767. The van der Waals surface area contributed by atoms with Crippen molar-refractivity contribution in [3.63, 3.8) is 0 Å². The first kappa shape index (κ1) is 30.7. The van der Waals surface area contributed by atoms with Crippen LogP contribution in [0.1, 0.15) is 51.5 Å². The Morgan fingerprint density at radius 3 is 2.43 bits per heavy atom. The Bertz CT molecular complexity index is 922. The van der Waals surface area contributed by atoms with Crippen molar-refractivity contribution in [3.8, 4) is 5.75 Å². The molecule has 0 bridgehead atoms. The maximum atomic E-state index is 12.7. The Morgan fingerprint density at radius 1 is 1.03 bits per heavy atom. The molecule has 2 aromatic rings.